The van der Waals surface area contributed by atoms with Crippen LogP contribution in [0.4, 0.5) is 15.8 Å². The fraction of sp³-hybridized carbons (Fsp3) is 0.174. The van der Waals surface area contributed by atoms with Gasteiger partial charge in [0.2, 0.25) is 5.91 Å². The molecule has 0 heterocycles. The van der Waals surface area contributed by atoms with Gasteiger partial charge in [0.1, 0.15) is 17.6 Å². The Kier molecular flexibility index (Phi) is 6.27. The summed E-state index contributed by atoms with van der Waals surface area (Å²) in [6.07, 6.45) is 0.718. The molecule has 1 amide bonds. The van der Waals surface area contributed by atoms with Gasteiger partial charge in [-0.15, -0.1) is 0 Å². The van der Waals surface area contributed by atoms with E-state index in [4.69, 9.17) is 4.74 Å². The Bertz CT molecular complexity index is 944. The number of halogens is 1. The van der Waals surface area contributed by atoms with E-state index in [1.54, 1.807) is 26.2 Å². The number of anilines is 2. The molecular weight excluding hydrogens is 355 g/mol. The van der Waals surface area contributed by atoms with Crippen molar-refractivity contribution < 1.29 is 13.9 Å². The van der Waals surface area contributed by atoms with Crippen LogP contribution in [0.1, 0.15) is 18.1 Å². The van der Waals surface area contributed by atoms with Gasteiger partial charge >= 0.3 is 0 Å². The Balaban J connectivity index is 1.71. The molecule has 3 rings (SSSR count). The minimum atomic E-state index is -0.544. The monoisotopic (exact) mass is 378 g/mol. The summed E-state index contributed by atoms with van der Waals surface area (Å²) in [5.74, 6) is 0.0148. The molecule has 4 nitrogen and oxygen atoms in total. The highest BCUT2D eigenvalue weighted by atomic mass is 19.1. The second kappa shape index (κ2) is 9.04. The molecule has 144 valence electrons. The normalized spacial score (nSPS) is 11.5. The van der Waals surface area contributed by atoms with Gasteiger partial charge in [0.05, 0.1) is 12.8 Å². The Labute approximate surface area is 164 Å². The van der Waals surface area contributed by atoms with Gasteiger partial charge in [0, 0.05) is 17.7 Å². The molecule has 3 aromatic carbocycles. The first-order chi connectivity index (χ1) is 13.6. The van der Waals surface area contributed by atoms with Crippen LogP contribution in [0.15, 0.2) is 72.8 Å². The summed E-state index contributed by atoms with van der Waals surface area (Å²) in [7, 11) is 1.64. The standard InChI is InChI=1S/C23H23FN2O2/c1-16(23(27)26-21-11-7-6-10-20(21)24)25-19-12-13-22(28-2)18(15-19)14-17-8-4-3-5-9-17/h3-13,15-16,25H,14H2,1-2H3,(H,26,27). The van der Waals surface area contributed by atoms with Crippen LogP contribution in [0.25, 0.3) is 0 Å². The SMILES string of the molecule is COc1ccc(NC(C)C(=O)Nc2ccccc2F)cc1Cc1ccccc1. The zero-order valence-corrected chi connectivity index (χ0v) is 15.9. The van der Waals surface area contributed by atoms with E-state index in [1.165, 1.54) is 17.7 Å². The van der Waals surface area contributed by atoms with Crippen LogP contribution in [0, 0.1) is 5.82 Å². The predicted molar refractivity (Wildman–Crippen MR) is 110 cm³/mol. The van der Waals surface area contributed by atoms with Gasteiger partial charge in [-0.25, -0.2) is 4.39 Å². The van der Waals surface area contributed by atoms with Crippen molar-refractivity contribution in [1.82, 2.24) is 0 Å². The number of rotatable bonds is 7. The van der Waals surface area contributed by atoms with Gasteiger partial charge in [-0.05, 0) is 42.8 Å². The van der Waals surface area contributed by atoms with Crippen LogP contribution >= 0.6 is 0 Å². The largest absolute Gasteiger partial charge is 0.496 e. The average Bonchev–Trinajstić information content (AvgIpc) is 2.70. The number of methoxy groups -OCH3 is 1. The maximum atomic E-state index is 13.7. The van der Waals surface area contributed by atoms with E-state index in [-0.39, 0.29) is 11.6 Å². The zero-order valence-electron chi connectivity index (χ0n) is 15.9. The lowest BCUT2D eigenvalue weighted by Crippen LogP contribution is -2.32. The van der Waals surface area contributed by atoms with Crippen molar-refractivity contribution in [2.45, 2.75) is 19.4 Å². The van der Waals surface area contributed by atoms with Gasteiger partial charge < -0.3 is 15.4 Å². The average molecular weight is 378 g/mol. The summed E-state index contributed by atoms with van der Waals surface area (Å²) in [6.45, 7) is 1.73. The summed E-state index contributed by atoms with van der Waals surface area (Å²) in [4.78, 5) is 12.4. The van der Waals surface area contributed by atoms with E-state index in [1.807, 2.05) is 36.4 Å². The summed E-state index contributed by atoms with van der Waals surface area (Å²) in [6, 6.07) is 21.4. The van der Waals surface area contributed by atoms with Crippen LogP contribution in [0.2, 0.25) is 0 Å². The second-order valence-corrected chi connectivity index (χ2v) is 6.52. The summed E-state index contributed by atoms with van der Waals surface area (Å²) >= 11 is 0. The first-order valence-corrected chi connectivity index (χ1v) is 9.09. The van der Waals surface area contributed by atoms with Crippen molar-refractivity contribution in [2.75, 3.05) is 17.7 Å². The Morgan fingerprint density at radius 3 is 2.46 bits per heavy atom. The van der Waals surface area contributed by atoms with E-state index in [9.17, 15) is 9.18 Å². The van der Waals surface area contributed by atoms with Gasteiger partial charge in [-0.2, -0.15) is 0 Å². The molecule has 1 atom stereocenters. The van der Waals surface area contributed by atoms with E-state index in [2.05, 4.69) is 22.8 Å². The van der Waals surface area contributed by atoms with Crippen LogP contribution in [0.3, 0.4) is 0 Å². The fourth-order valence-electron chi connectivity index (χ4n) is 2.94. The number of carbonyl (C=O) groups excluding carboxylic acids is 1. The van der Waals surface area contributed by atoms with Gasteiger partial charge in [-0.1, -0.05) is 42.5 Å². The van der Waals surface area contributed by atoms with E-state index in [0.29, 0.717) is 0 Å². The number of ether oxygens (including phenoxy) is 1. The molecule has 0 fully saturated rings. The number of hydrogen-bond donors (Lipinski definition) is 2. The predicted octanol–water partition coefficient (Wildman–Crippen LogP) is 4.86. The molecule has 0 saturated heterocycles. The molecule has 28 heavy (non-hydrogen) atoms. The van der Waals surface area contributed by atoms with Crippen LogP contribution in [0.5, 0.6) is 5.75 Å². The van der Waals surface area contributed by atoms with Crippen molar-refractivity contribution in [2.24, 2.45) is 0 Å². The van der Waals surface area contributed by atoms with Crippen LogP contribution in [-0.4, -0.2) is 19.1 Å². The molecule has 0 spiro atoms. The smallest absolute Gasteiger partial charge is 0.246 e. The molecule has 0 aliphatic rings. The highest BCUT2D eigenvalue weighted by Gasteiger charge is 2.15. The Morgan fingerprint density at radius 1 is 1.04 bits per heavy atom. The number of para-hydroxylation sites is 1. The molecule has 5 heteroatoms. The molecule has 0 saturated carbocycles. The van der Waals surface area contributed by atoms with Crippen LogP contribution in [-0.2, 0) is 11.2 Å². The third-order valence-corrected chi connectivity index (χ3v) is 4.43. The number of carbonyl (C=O) groups is 1. The molecule has 3 aromatic rings. The molecule has 1 unspecified atom stereocenters. The highest BCUT2D eigenvalue weighted by Crippen LogP contribution is 2.26. The van der Waals surface area contributed by atoms with Crippen LogP contribution < -0.4 is 15.4 Å². The van der Waals surface area contributed by atoms with Crippen molar-refractivity contribution in [3.05, 3.63) is 89.7 Å². The number of hydrogen-bond acceptors (Lipinski definition) is 3. The van der Waals surface area contributed by atoms with Crippen molar-refractivity contribution in [3.63, 3.8) is 0 Å². The Hall–Kier alpha value is -3.34. The van der Waals surface area contributed by atoms with E-state index < -0.39 is 11.9 Å². The number of nitrogens with one attached hydrogen (secondary N) is 2. The first-order valence-electron chi connectivity index (χ1n) is 9.09. The molecule has 2 N–H and O–H groups in total. The summed E-state index contributed by atoms with van der Waals surface area (Å²) in [5.41, 5.74) is 3.15. The number of amides is 1. The lowest BCUT2D eigenvalue weighted by molar-refractivity contribution is -0.116. The zero-order chi connectivity index (χ0) is 19.9. The van der Waals surface area contributed by atoms with Crippen molar-refractivity contribution in [3.8, 4) is 5.75 Å². The maximum absolute atomic E-state index is 13.7. The molecule has 0 aromatic heterocycles. The summed E-state index contributed by atoms with van der Waals surface area (Å²) < 4.78 is 19.2. The fourth-order valence-corrected chi connectivity index (χ4v) is 2.94. The van der Waals surface area contributed by atoms with Gasteiger partial charge in [0.25, 0.3) is 0 Å². The number of benzene rings is 3. The molecule has 0 aliphatic carbocycles. The third kappa shape index (κ3) is 4.88. The van der Waals surface area contributed by atoms with Gasteiger partial charge in [-0.3, -0.25) is 4.79 Å². The minimum absolute atomic E-state index is 0.167. The molecule has 0 bridgehead atoms. The quantitative estimate of drug-likeness (QED) is 0.617. The minimum Gasteiger partial charge on any atom is -0.496 e. The topological polar surface area (TPSA) is 50.4 Å². The first kappa shape index (κ1) is 19.4. The van der Waals surface area contributed by atoms with E-state index >= 15 is 0 Å². The second-order valence-electron chi connectivity index (χ2n) is 6.52. The summed E-state index contributed by atoms with van der Waals surface area (Å²) in [5, 5.41) is 5.77. The van der Waals surface area contributed by atoms with Crippen molar-refractivity contribution >= 4 is 17.3 Å². The molecule has 0 aliphatic heterocycles. The molecule has 0 radical (unpaired) electrons. The highest BCUT2D eigenvalue weighted by molar-refractivity contribution is 5.96. The van der Waals surface area contributed by atoms with E-state index in [0.717, 1.165) is 23.4 Å². The van der Waals surface area contributed by atoms with Gasteiger partial charge in [0.15, 0.2) is 0 Å². The lowest BCUT2D eigenvalue weighted by Gasteiger charge is -2.17. The third-order valence-electron chi connectivity index (χ3n) is 4.43. The Morgan fingerprint density at radius 2 is 1.75 bits per heavy atom. The van der Waals surface area contributed by atoms with Crippen molar-refractivity contribution in [1.29, 1.82) is 0 Å². The molecular formula is C23H23FN2O2. The lowest BCUT2D eigenvalue weighted by atomic mass is 10.0. The maximum Gasteiger partial charge on any atom is 0.246 e.